The molecular formula is C27H20Br3. The van der Waals surface area contributed by atoms with Crippen LogP contribution in [0, 0.1) is 26.8 Å². The maximum atomic E-state index is 3.81. The molecule has 0 aliphatic carbocycles. The zero-order valence-electron chi connectivity index (χ0n) is 17.0. The summed E-state index contributed by atoms with van der Waals surface area (Å²) >= 11 is 11.1. The zero-order valence-corrected chi connectivity index (χ0v) is 21.7. The molecule has 30 heavy (non-hydrogen) atoms. The van der Waals surface area contributed by atoms with Gasteiger partial charge < -0.3 is 0 Å². The molecular weight excluding hydrogens is 564 g/mol. The van der Waals surface area contributed by atoms with E-state index in [1.807, 2.05) is 12.1 Å². The molecule has 4 aromatic carbocycles. The smallest absolute Gasteiger partial charge is 0.0260 e. The summed E-state index contributed by atoms with van der Waals surface area (Å²) in [5, 5.41) is 0. The quantitative estimate of drug-likeness (QED) is 0.225. The van der Waals surface area contributed by atoms with Crippen LogP contribution in [-0.4, -0.2) is 0 Å². The standard InChI is InChI=1S/C27H20Br3/c1-16-5-4-6-19(11-16)24-13-18(3)23(15-27(24)30)22-9-7-20(12-17(22)2)25-14-21(28)8-10-26(25)29/h4,6-15H,1-3H3. The van der Waals surface area contributed by atoms with Crippen molar-refractivity contribution in [2.75, 3.05) is 0 Å². The summed E-state index contributed by atoms with van der Waals surface area (Å²) in [7, 11) is 0. The number of hydrogen-bond acceptors (Lipinski definition) is 0. The fourth-order valence-corrected chi connectivity index (χ4v) is 5.21. The minimum Gasteiger partial charge on any atom is -0.0537 e. The number of rotatable bonds is 3. The first-order chi connectivity index (χ1) is 14.3. The third-order valence-corrected chi connectivity index (χ3v) is 7.17. The van der Waals surface area contributed by atoms with Gasteiger partial charge in [-0.2, -0.15) is 0 Å². The Morgan fingerprint density at radius 1 is 0.567 bits per heavy atom. The predicted octanol–water partition coefficient (Wildman–Crippen LogP) is 9.70. The van der Waals surface area contributed by atoms with Gasteiger partial charge in [-0.25, -0.2) is 0 Å². The van der Waals surface area contributed by atoms with E-state index in [1.54, 1.807) is 0 Å². The summed E-state index contributed by atoms with van der Waals surface area (Å²) in [6.07, 6.45) is 0. The van der Waals surface area contributed by atoms with E-state index in [9.17, 15) is 0 Å². The van der Waals surface area contributed by atoms with Gasteiger partial charge in [-0.05, 0) is 107 Å². The van der Waals surface area contributed by atoms with Gasteiger partial charge in [0, 0.05) is 13.4 Å². The van der Waals surface area contributed by atoms with E-state index in [2.05, 4.69) is 129 Å². The summed E-state index contributed by atoms with van der Waals surface area (Å²) in [6, 6.07) is 27.0. The molecule has 0 aromatic heterocycles. The highest BCUT2D eigenvalue weighted by atomic mass is 79.9. The molecule has 0 N–H and O–H groups in total. The van der Waals surface area contributed by atoms with Gasteiger partial charge in [0.05, 0.1) is 0 Å². The van der Waals surface area contributed by atoms with Gasteiger partial charge in [0.1, 0.15) is 0 Å². The van der Waals surface area contributed by atoms with E-state index in [4.69, 9.17) is 0 Å². The Bertz CT molecular complexity index is 1260. The van der Waals surface area contributed by atoms with Crippen LogP contribution in [0.15, 0.2) is 80.1 Å². The van der Waals surface area contributed by atoms with Crippen LogP contribution in [0.1, 0.15) is 16.7 Å². The molecule has 0 aliphatic rings. The molecule has 0 spiro atoms. The molecule has 0 saturated carbocycles. The summed E-state index contributed by atoms with van der Waals surface area (Å²) in [5.74, 6) is 0. The largest absolute Gasteiger partial charge is 0.0537 e. The lowest BCUT2D eigenvalue weighted by atomic mass is 9.91. The molecule has 4 aromatic rings. The Morgan fingerprint density at radius 2 is 1.27 bits per heavy atom. The summed E-state index contributed by atoms with van der Waals surface area (Å²) in [5.41, 5.74) is 11.0. The van der Waals surface area contributed by atoms with Crippen LogP contribution >= 0.6 is 47.8 Å². The second kappa shape index (κ2) is 8.82. The molecule has 0 heterocycles. The molecule has 4 rings (SSSR count). The first-order valence-corrected chi connectivity index (χ1v) is 12.1. The van der Waals surface area contributed by atoms with Crippen LogP contribution in [0.2, 0.25) is 0 Å². The van der Waals surface area contributed by atoms with E-state index in [-0.39, 0.29) is 0 Å². The third-order valence-electron chi connectivity index (χ3n) is 5.33. The van der Waals surface area contributed by atoms with Gasteiger partial charge in [-0.15, -0.1) is 0 Å². The van der Waals surface area contributed by atoms with E-state index < -0.39 is 0 Å². The van der Waals surface area contributed by atoms with E-state index in [0.29, 0.717) is 0 Å². The molecule has 1 radical (unpaired) electrons. The molecule has 0 bridgehead atoms. The van der Waals surface area contributed by atoms with Gasteiger partial charge in [0.25, 0.3) is 0 Å². The van der Waals surface area contributed by atoms with E-state index in [1.165, 1.54) is 44.5 Å². The maximum Gasteiger partial charge on any atom is 0.0260 e. The predicted molar refractivity (Wildman–Crippen MR) is 139 cm³/mol. The highest BCUT2D eigenvalue weighted by Gasteiger charge is 2.13. The Hall–Kier alpha value is -1.68. The summed E-state index contributed by atoms with van der Waals surface area (Å²) in [4.78, 5) is 0. The Kier molecular flexibility index (Phi) is 6.34. The van der Waals surface area contributed by atoms with Crippen molar-refractivity contribution >= 4 is 47.8 Å². The number of benzene rings is 4. The van der Waals surface area contributed by atoms with Crippen LogP contribution in [0.5, 0.6) is 0 Å². The number of halogens is 3. The Balaban J connectivity index is 1.78. The summed E-state index contributed by atoms with van der Waals surface area (Å²) < 4.78 is 3.27. The van der Waals surface area contributed by atoms with Gasteiger partial charge in [0.15, 0.2) is 0 Å². The van der Waals surface area contributed by atoms with E-state index in [0.717, 1.165) is 19.0 Å². The first kappa shape index (κ1) is 21.5. The zero-order chi connectivity index (χ0) is 21.4. The fraction of sp³-hybridized carbons (Fsp3) is 0.111. The molecule has 0 saturated heterocycles. The second-order valence-corrected chi connectivity index (χ2v) is 10.2. The number of aryl methyl sites for hydroxylation is 3. The van der Waals surface area contributed by atoms with Crippen LogP contribution in [-0.2, 0) is 0 Å². The van der Waals surface area contributed by atoms with Crippen molar-refractivity contribution in [2.24, 2.45) is 0 Å². The molecule has 149 valence electrons. The molecule has 0 fully saturated rings. The highest BCUT2D eigenvalue weighted by Crippen LogP contribution is 2.38. The third kappa shape index (κ3) is 4.34. The topological polar surface area (TPSA) is 0 Å². The van der Waals surface area contributed by atoms with Crippen molar-refractivity contribution in [3.8, 4) is 33.4 Å². The van der Waals surface area contributed by atoms with Crippen LogP contribution < -0.4 is 0 Å². The molecule has 3 heteroatoms. The Labute approximate surface area is 203 Å². The molecule has 0 unspecified atom stereocenters. The molecule has 0 nitrogen and oxygen atoms in total. The fourth-order valence-electron chi connectivity index (χ4n) is 3.80. The van der Waals surface area contributed by atoms with Gasteiger partial charge in [-0.3, -0.25) is 0 Å². The van der Waals surface area contributed by atoms with Crippen molar-refractivity contribution in [1.29, 1.82) is 0 Å². The SMILES string of the molecule is Cc1[c]ccc(-c2cc(C)c(-c3ccc(-c4cc(Br)ccc4Br)cc3C)cc2Br)c1. The highest BCUT2D eigenvalue weighted by molar-refractivity contribution is 9.11. The number of hydrogen-bond donors (Lipinski definition) is 0. The van der Waals surface area contributed by atoms with Crippen molar-refractivity contribution in [3.63, 3.8) is 0 Å². The van der Waals surface area contributed by atoms with Crippen molar-refractivity contribution in [3.05, 3.63) is 103 Å². The lowest BCUT2D eigenvalue weighted by molar-refractivity contribution is 1.39. The minimum absolute atomic E-state index is 1.08. The lowest BCUT2D eigenvalue weighted by Gasteiger charge is -2.15. The molecule has 0 amide bonds. The van der Waals surface area contributed by atoms with Crippen molar-refractivity contribution in [1.82, 2.24) is 0 Å². The minimum atomic E-state index is 1.08. The van der Waals surface area contributed by atoms with Crippen molar-refractivity contribution in [2.45, 2.75) is 20.8 Å². The average molecular weight is 584 g/mol. The van der Waals surface area contributed by atoms with Crippen LogP contribution in [0.25, 0.3) is 33.4 Å². The monoisotopic (exact) mass is 581 g/mol. The van der Waals surface area contributed by atoms with Gasteiger partial charge >= 0.3 is 0 Å². The second-order valence-electron chi connectivity index (χ2n) is 7.56. The van der Waals surface area contributed by atoms with Crippen molar-refractivity contribution < 1.29 is 0 Å². The van der Waals surface area contributed by atoms with Gasteiger partial charge in [-0.1, -0.05) is 84.2 Å². The van der Waals surface area contributed by atoms with Gasteiger partial charge in [0.2, 0.25) is 0 Å². The maximum absolute atomic E-state index is 3.81. The molecule has 0 aliphatic heterocycles. The normalized spacial score (nSPS) is 11.0. The van der Waals surface area contributed by atoms with Crippen LogP contribution in [0.4, 0.5) is 0 Å². The molecule has 0 atom stereocenters. The van der Waals surface area contributed by atoms with E-state index >= 15 is 0 Å². The van der Waals surface area contributed by atoms with Crippen LogP contribution in [0.3, 0.4) is 0 Å². The Morgan fingerprint density at radius 3 is 2.00 bits per heavy atom. The first-order valence-electron chi connectivity index (χ1n) is 9.69. The summed E-state index contributed by atoms with van der Waals surface area (Å²) in [6.45, 7) is 6.45. The average Bonchev–Trinajstić information content (AvgIpc) is 2.71. The lowest BCUT2D eigenvalue weighted by Crippen LogP contribution is -1.92.